The zero-order valence-corrected chi connectivity index (χ0v) is 13.3. The summed E-state index contributed by atoms with van der Waals surface area (Å²) in [4.78, 5) is 23.7. The minimum Gasteiger partial charge on any atom is -0.326 e. The maximum absolute atomic E-state index is 13.2. The van der Waals surface area contributed by atoms with Crippen LogP contribution in [0.25, 0.3) is 0 Å². The number of nitrogens with one attached hydrogen (secondary N) is 2. The van der Waals surface area contributed by atoms with Crippen LogP contribution >= 0.6 is 11.6 Å². The lowest BCUT2D eigenvalue weighted by Gasteiger charge is -2.10. The fourth-order valence-electron chi connectivity index (χ4n) is 1.97. The molecular formula is C17H16ClFN2O2. The van der Waals surface area contributed by atoms with Crippen LogP contribution in [0.1, 0.15) is 30.1 Å². The van der Waals surface area contributed by atoms with Crippen LogP contribution in [0.4, 0.5) is 15.8 Å². The molecule has 0 aliphatic rings. The Morgan fingerprint density at radius 3 is 2.61 bits per heavy atom. The van der Waals surface area contributed by atoms with Crippen molar-refractivity contribution < 1.29 is 14.0 Å². The summed E-state index contributed by atoms with van der Waals surface area (Å²) in [5.41, 5.74) is 1.05. The van der Waals surface area contributed by atoms with E-state index in [4.69, 9.17) is 11.6 Å². The molecule has 6 heteroatoms. The Kier molecular flexibility index (Phi) is 5.71. The number of carbonyl (C=O) groups is 2. The molecule has 0 unspecified atom stereocenters. The third-order valence-corrected chi connectivity index (χ3v) is 3.39. The Bertz CT molecular complexity index is 734. The minimum atomic E-state index is -0.496. The highest BCUT2D eigenvalue weighted by molar-refractivity contribution is 6.34. The van der Waals surface area contributed by atoms with Gasteiger partial charge in [-0.2, -0.15) is 0 Å². The van der Waals surface area contributed by atoms with Crippen LogP contribution < -0.4 is 10.6 Å². The molecule has 0 fully saturated rings. The lowest BCUT2D eigenvalue weighted by molar-refractivity contribution is -0.116. The Hall–Kier alpha value is -2.40. The Morgan fingerprint density at radius 1 is 1.13 bits per heavy atom. The van der Waals surface area contributed by atoms with Gasteiger partial charge in [-0.05, 0) is 42.8 Å². The predicted molar refractivity (Wildman–Crippen MR) is 89.3 cm³/mol. The Morgan fingerprint density at radius 2 is 1.91 bits per heavy atom. The van der Waals surface area contributed by atoms with Gasteiger partial charge in [0.2, 0.25) is 5.91 Å². The molecule has 2 aromatic carbocycles. The van der Waals surface area contributed by atoms with Crippen molar-refractivity contribution in [3.63, 3.8) is 0 Å². The van der Waals surface area contributed by atoms with E-state index in [9.17, 15) is 14.0 Å². The van der Waals surface area contributed by atoms with Crippen molar-refractivity contribution >= 4 is 34.8 Å². The molecule has 0 aromatic heterocycles. The van der Waals surface area contributed by atoms with Crippen molar-refractivity contribution in [2.45, 2.75) is 19.8 Å². The van der Waals surface area contributed by atoms with Gasteiger partial charge in [0.25, 0.3) is 5.91 Å². The first-order chi connectivity index (χ1) is 11.0. The van der Waals surface area contributed by atoms with Crippen LogP contribution in [0.2, 0.25) is 5.02 Å². The molecule has 0 saturated carbocycles. The molecule has 2 aromatic rings. The quantitative estimate of drug-likeness (QED) is 0.847. The number of halogens is 2. The van der Waals surface area contributed by atoms with Crippen LogP contribution in [0.15, 0.2) is 42.5 Å². The fraction of sp³-hybridized carbons (Fsp3) is 0.176. The number of benzene rings is 2. The summed E-state index contributed by atoms with van der Waals surface area (Å²) in [6, 6.07) is 10.1. The van der Waals surface area contributed by atoms with Gasteiger partial charge in [0.1, 0.15) is 5.82 Å². The standard InChI is InChI=1S/C17H16ClFN2O2/c1-2-4-16(22)20-13-7-8-14(18)15(10-13)21-17(23)11-5-3-6-12(19)9-11/h3,5-10H,2,4H2,1H3,(H,20,22)(H,21,23). The average Bonchev–Trinajstić information content (AvgIpc) is 2.51. The van der Waals surface area contributed by atoms with Gasteiger partial charge < -0.3 is 10.6 Å². The lowest BCUT2D eigenvalue weighted by Crippen LogP contribution is -2.14. The van der Waals surface area contributed by atoms with E-state index in [-0.39, 0.29) is 11.5 Å². The first-order valence-corrected chi connectivity index (χ1v) is 7.53. The number of hydrogen-bond donors (Lipinski definition) is 2. The van der Waals surface area contributed by atoms with Crippen LogP contribution in [-0.2, 0) is 4.79 Å². The molecule has 0 atom stereocenters. The molecule has 0 aliphatic carbocycles. The third kappa shape index (κ3) is 4.79. The van der Waals surface area contributed by atoms with Gasteiger partial charge >= 0.3 is 0 Å². The molecule has 0 bridgehead atoms. The SMILES string of the molecule is CCCC(=O)Nc1ccc(Cl)c(NC(=O)c2cccc(F)c2)c1. The van der Waals surface area contributed by atoms with E-state index in [2.05, 4.69) is 10.6 Å². The van der Waals surface area contributed by atoms with Crippen LogP contribution in [0.3, 0.4) is 0 Å². The van der Waals surface area contributed by atoms with Gasteiger partial charge in [0, 0.05) is 17.7 Å². The summed E-state index contributed by atoms with van der Waals surface area (Å²) in [6.45, 7) is 1.91. The minimum absolute atomic E-state index is 0.114. The van der Waals surface area contributed by atoms with E-state index in [1.54, 1.807) is 18.2 Å². The topological polar surface area (TPSA) is 58.2 Å². The highest BCUT2D eigenvalue weighted by Crippen LogP contribution is 2.26. The molecule has 4 nitrogen and oxygen atoms in total. The highest BCUT2D eigenvalue weighted by atomic mass is 35.5. The van der Waals surface area contributed by atoms with Crippen molar-refractivity contribution in [3.05, 3.63) is 58.9 Å². The first kappa shape index (κ1) is 17.0. The van der Waals surface area contributed by atoms with E-state index < -0.39 is 11.7 Å². The van der Waals surface area contributed by atoms with Crippen molar-refractivity contribution in [2.24, 2.45) is 0 Å². The zero-order valence-electron chi connectivity index (χ0n) is 12.5. The van der Waals surface area contributed by atoms with E-state index >= 15 is 0 Å². The number of anilines is 2. The van der Waals surface area contributed by atoms with E-state index in [1.807, 2.05) is 6.92 Å². The summed E-state index contributed by atoms with van der Waals surface area (Å²) in [5.74, 6) is -1.09. The second-order valence-corrected chi connectivity index (χ2v) is 5.36. The van der Waals surface area contributed by atoms with Crippen LogP contribution in [-0.4, -0.2) is 11.8 Å². The third-order valence-electron chi connectivity index (χ3n) is 3.06. The van der Waals surface area contributed by atoms with Gasteiger partial charge in [-0.15, -0.1) is 0 Å². The molecule has 2 amide bonds. The van der Waals surface area contributed by atoms with Crippen LogP contribution in [0, 0.1) is 5.82 Å². The van der Waals surface area contributed by atoms with Crippen molar-refractivity contribution in [2.75, 3.05) is 10.6 Å². The summed E-state index contributed by atoms with van der Waals surface area (Å²) >= 11 is 6.06. The van der Waals surface area contributed by atoms with Gasteiger partial charge in [-0.25, -0.2) is 4.39 Å². The maximum Gasteiger partial charge on any atom is 0.255 e. The Labute approximate surface area is 138 Å². The molecule has 0 radical (unpaired) electrons. The molecular weight excluding hydrogens is 319 g/mol. The zero-order chi connectivity index (χ0) is 16.8. The number of rotatable bonds is 5. The lowest BCUT2D eigenvalue weighted by atomic mass is 10.2. The number of carbonyl (C=O) groups excluding carboxylic acids is 2. The smallest absolute Gasteiger partial charge is 0.255 e. The van der Waals surface area contributed by atoms with Crippen molar-refractivity contribution in [1.82, 2.24) is 0 Å². The number of amides is 2. The Balaban J connectivity index is 2.15. The van der Waals surface area contributed by atoms with Gasteiger partial charge in [-0.1, -0.05) is 24.6 Å². The number of hydrogen-bond acceptors (Lipinski definition) is 2. The highest BCUT2D eigenvalue weighted by Gasteiger charge is 2.11. The molecule has 2 rings (SSSR count). The summed E-state index contributed by atoms with van der Waals surface area (Å²) < 4.78 is 13.2. The van der Waals surface area contributed by atoms with Gasteiger partial charge in [0.05, 0.1) is 10.7 Å². The molecule has 0 spiro atoms. The molecule has 0 saturated heterocycles. The predicted octanol–water partition coefficient (Wildman–Crippen LogP) is 4.47. The van der Waals surface area contributed by atoms with E-state index in [0.717, 1.165) is 12.5 Å². The molecule has 0 heterocycles. The molecule has 0 aliphatic heterocycles. The molecule has 23 heavy (non-hydrogen) atoms. The maximum atomic E-state index is 13.2. The largest absolute Gasteiger partial charge is 0.326 e. The van der Waals surface area contributed by atoms with Crippen molar-refractivity contribution in [1.29, 1.82) is 0 Å². The summed E-state index contributed by atoms with van der Waals surface area (Å²) in [6.07, 6.45) is 1.15. The molecule has 120 valence electrons. The molecule has 2 N–H and O–H groups in total. The van der Waals surface area contributed by atoms with E-state index in [1.165, 1.54) is 18.2 Å². The van der Waals surface area contributed by atoms with Crippen LogP contribution in [0.5, 0.6) is 0 Å². The second kappa shape index (κ2) is 7.74. The fourth-order valence-corrected chi connectivity index (χ4v) is 2.14. The summed E-state index contributed by atoms with van der Waals surface area (Å²) in [5, 5.41) is 5.66. The second-order valence-electron chi connectivity index (χ2n) is 4.96. The summed E-state index contributed by atoms with van der Waals surface area (Å²) in [7, 11) is 0. The monoisotopic (exact) mass is 334 g/mol. The normalized spacial score (nSPS) is 10.2. The van der Waals surface area contributed by atoms with Gasteiger partial charge in [-0.3, -0.25) is 9.59 Å². The van der Waals surface area contributed by atoms with E-state index in [0.29, 0.717) is 22.8 Å². The average molecular weight is 335 g/mol. The first-order valence-electron chi connectivity index (χ1n) is 7.16. The van der Waals surface area contributed by atoms with Gasteiger partial charge in [0.15, 0.2) is 0 Å². The van der Waals surface area contributed by atoms with Crippen molar-refractivity contribution in [3.8, 4) is 0 Å².